The second-order valence-corrected chi connectivity index (χ2v) is 5.16. The van der Waals surface area contributed by atoms with E-state index in [4.69, 9.17) is 0 Å². The van der Waals surface area contributed by atoms with Crippen molar-refractivity contribution in [3.05, 3.63) is 84.9 Å². The first kappa shape index (κ1) is 12.8. The summed E-state index contributed by atoms with van der Waals surface area (Å²) >= 11 is 0. The minimum Gasteiger partial charge on any atom is -0.300 e. The number of nitrogens with zero attached hydrogens (tertiary/aromatic N) is 2. The van der Waals surface area contributed by atoms with Crippen LogP contribution in [0.1, 0.15) is 0 Å². The maximum absolute atomic E-state index is 13.1. The van der Waals surface area contributed by atoms with Crippen LogP contribution < -0.4 is 0 Å². The van der Waals surface area contributed by atoms with Crippen molar-refractivity contribution in [1.29, 1.82) is 0 Å². The summed E-state index contributed by atoms with van der Waals surface area (Å²) in [5.74, 6) is -0.232. The third-order valence-electron chi connectivity index (χ3n) is 3.76. The molecule has 0 saturated heterocycles. The van der Waals surface area contributed by atoms with E-state index in [1.54, 1.807) is 12.1 Å². The van der Waals surface area contributed by atoms with E-state index in [-0.39, 0.29) is 5.82 Å². The van der Waals surface area contributed by atoms with Crippen LogP contribution in [-0.2, 0) is 0 Å². The van der Waals surface area contributed by atoms with Crippen LogP contribution in [0.2, 0.25) is 0 Å². The summed E-state index contributed by atoms with van der Waals surface area (Å²) in [6, 6.07) is 20.8. The second kappa shape index (κ2) is 5.11. The smallest absolute Gasteiger partial charge is 0.137 e. The highest BCUT2D eigenvalue weighted by atomic mass is 19.1. The monoisotopic (exact) mass is 288 g/mol. The van der Waals surface area contributed by atoms with Crippen LogP contribution in [0.25, 0.3) is 28.0 Å². The zero-order valence-corrected chi connectivity index (χ0v) is 11.8. The molecule has 0 amide bonds. The molecule has 2 aromatic heterocycles. The summed E-state index contributed by atoms with van der Waals surface area (Å²) in [4.78, 5) is 4.47. The van der Waals surface area contributed by atoms with Gasteiger partial charge in [0.25, 0.3) is 0 Å². The Bertz CT molecular complexity index is 925. The topological polar surface area (TPSA) is 17.3 Å². The molecule has 2 nitrogen and oxygen atoms in total. The summed E-state index contributed by atoms with van der Waals surface area (Å²) in [6.45, 7) is 0. The Labute approximate surface area is 127 Å². The fourth-order valence-electron chi connectivity index (χ4n) is 2.63. The lowest BCUT2D eigenvalue weighted by atomic mass is 10.1. The number of fused-ring (bicyclic) bond motifs is 1. The van der Waals surface area contributed by atoms with Gasteiger partial charge in [0.1, 0.15) is 11.5 Å². The van der Waals surface area contributed by atoms with Gasteiger partial charge >= 0.3 is 0 Å². The zero-order chi connectivity index (χ0) is 14.9. The van der Waals surface area contributed by atoms with Crippen LogP contribution in [0.4, 0.5) is 4.39 Å². The predicted octanol–water partition coefficient (Wildman–Crippen LogP) is 4.81. The number of imidazole rings is 1. The van der Waals surface area contributed by atoms with Gasteiger partial charge in [0, 0.05) is 11.8 Å². The summed E-state index contributed by atoms with van der Waals surface area (Å²) in [7, 11) is 0. The molecule has 4 rings (SSSR count). The fourth-order valence-corrected chi connectivity index (χ4v) is 2.63. The number of benzene rings is 2. The second-order valence-electron chi connectivity index (χ2n) is 5.16. The van der Waals surface area contributed by atoms with E-state index in [1.165, 1.54) is 12.1 Å². The molecule has 0 radical (unpaired) electrons. The molecule has 4 aromatic rings. The van der Waals surface area contributed by atoms with Gasteiger partial charge in [-0.1, -0.05) is 30.3 Å². The first-order valence-corrected chi connectivity index (χ1v) is 7.10. The number of aromatic nitrogens is 2. The van der Waals surface area contributed by atoms with Gasteiger partial charge in [-0.15, -0.1) is 0 Å². The van der Waals surface area contributed by atoms with Gasteiger partial charge in [0.2, 0.25) is 0 Å². The molecule has 106 valence electrons. The normalized spacial score (nSPS) is 11.0. The lowest BCUT2D eigenvalue weighted by Gasteiger charge is -2.05. The van der Waals surface area contributed by atoms with E-state index in [0.717, 1.165) is 28.0 Å². The highest BCUT2D eigenvalue weighted by Crippen LogP contribution is 2.25. The molecule has 0 aliphatic heterocycles. The summed E-state index contributed by atoms with van der Waals surface area (Å²) in [5.41, 5.74) is 5.07. The minimum absolute atomic E-state index is 0.232. The molecule has 3 heteroatoms. The van der Waals surface area contributed by atoms with E-state index in [2.05, 4.69) is 29.2 Å². The third kappa shape index (κ3) is 2.17. The van der Waals surface area contributed by atoms with E-state index >= 15 is 0 Å². The maximum atomic E-state index is 13.1. The van der Waals surface area contributed by atoms with Crippen molar-refractivity contribution in [2.45, 2.75) is 0 Å². The molecule has 0 bridgehead atoms. The van der Waals surface area contributed by atoms with Crippen molar-refractivity contribution < 1.29 is 4.39 Å². The van der Waals surface area contributed by atoms with Crippen molar-refractivity contribution in [2.75, 3.05) is 0 Å². The molecule has 0 fully saturated rings. The van der Waals surface area contributed by atoms with Gasteiger partial charge in [-0.3, -0.25) is 4.40 Å². The van der Waals surface area contributed by atoms with Gasteiger partial charge < -0.3 is 0 Å². The van der Waals surface area contributed by atoms with E-state index in [9.17, 15) is 4.39 Å². The van der Waals surface area contributed by atoms with Crippen molar-refractivity contribution in [2.24, 2.45) is 0 Å². The molecule has 0 aliphatic rings. The number of pyridine rings is 1. The first-order valence-electron chi connectivity index (χ1n) is 7.10. The van der Waals surface area contributed by atoms with Crippen LogP contribution in [0.3, 0.4) is 0 Å². The van der Waals surface area contributed by atoms with Crippen LogP contribution in [0, 0.1) is 5.82 Å². The standard InChI is InChI=1S/C19H13FN2/c20-17-8-6-15(7-9-17)18-13-21-19-12-16(10-11-22(18)19)14-4-2-1-3-5-14/h1-13H. The molecule has 22 heavy (non-hydrogen) atoms. The molecule has 0 spiro atoms. The van der Waals surface area contributed by atoms with Gasteiger partial charge in [-0.2, -0.15) is 0 Å². The SMILES string of the molecule is Fc1ccc(-c2cnc3cc(-c4ccccc4)ccn23)cc1. The van der Waals surface area contributed by atoms with Crippen LogP contribution in [-0.4, -0.2) is 9.38 Å². The van der Waals surface area contributed by atoms with E-state index < -0.39 is 0 Å². The Kier molecular flexibility index (Phi) is 2.97. The number of rotatable bonds is 2. The Morgan fingerprint density at radius 3 is 2.32 bits per heavy atom. The fraction of sp³-hybridized carbons (Fsp3) is 0. The van der Waals surface area contributed by atoms with Crippen molar-refractivity contribution >= 4 is 5.65 Å². The van der Waals surface area contributed by atoms with E-state index in [1.807, 2.05) is 35.0 Å². The highest BCUT2D eigenvalue weighted by molar-refractivity contribution is 5.70. The van der Waals surface area contributed by atoms with Gasteiger partial charge in [-0.25, -0.2) is 9.37 Å². The Morgan fingerprint density at radius 2 is 1.55 bits per heavy atom. The Balaban J connectivity index is 1.82. The predicted molar refractivity (Wildman–Crippen MR) is 86.0 cm³/mol. The average Bonchev–Trinajstić information content (AvgIpc) is 2.99. The van der Waals surface area contributed by atoms with Crippen LogP contribution in [0.5, 0.6) is 0 Å². The Morgan fingerprint density at radius 1 is 0.773 bits per heavy atom. The van der Waals surface area contributed by atoms with Gasteiger partial charge in [0.05, 0.1) is 11.9 Å². The lowest BCUT2D eigenvalue weighted by molar-refractivity contribution is 0.628. The molecule has 2 heterocycles. The molecule has 0 unspecified atom stereocenters. The number of hydrogen-bond donors (Lipinski definition) is 0. The maximum Gasteiger partial charge on any atom is 0.137 e. The first-order chi connectivity index (χ1) is 10.8. The molecular formula is C19H13FN2. The third-order valence-corrected chi connectivity index (χ3v) is 3.76. The molecule has 2 aromatic carbocycles. The quantitative estimate of drug-likeness (QED) is 0.517. The van der Waals surface area contributed by atoms with Crippen molar-refractivity contribution in [3.8, 4) is 22.4 Å². The summed E-state index contributed by atoms with van der Waals surface area (Å²) < 4.78 is 15.1. The number of hydrogen-bond acceptors (Lipinski definition) is 1. The zero-order valence-electron chi connectivity index (χ0n) is 11.8. The van der Waals surface area contributed by atoms with Crippen LogP contribution in [0.15, 0.2) is 79.1 Å². The molecular weight excluding hydrogens is 275 g/mol. The molecule has 0 N–H and O–H groups in total. The summed E-state index contributed by atoms with van der Waals surface area (Å²) in [5, 5.41) is 0. The minimum atomic E-state index is -0.232. The van der Waals surface area contributed by atoms with Crippen LogP contribution >= 0.6 is 0 Å². The summed E-state index contributed by atoms with van der Waals surface area (Å²) in [6.07, 6.45) is 3.82. The van der Waals surface area contributed by atoms with Crippen molar-refractivity contribution in [1.82, 2.24) is 9.38 Å². The lowest BCUT2D eigenvalue weighted by Crippen LogP contribution is -1.89. The van der Waals surface area contributed by atoms with E-state index in [0.29, 0.717) is 0 Å². The highest BCUT2D eigenvalue weighted by Gasteiger charge is 2.07. The molecule has 0 saturated carbocycles. The molecule has 0 atom stereocenters. The van der Waals surface area contributed by atoms with Gasteiger partial charge in [-0.05, 0) is 47.5 Å². The largest absolute Gasteiger partial charge is 0.300 e. The number of halogens is 1. The Hall–Kier alpha value is -2.94. The molecule has 0 aliphatic carbocycles. The van der Waals surface area contributed by atoms with Gasteiger partial charge in [0.15, 0.2) is 0 Å². The van der Waals surface area contributed by atoms with Crippen molar-refractivity contribution in [3.63, 3.8) is 0 Å². The average molecular weight is 288 g/mol.